The van der Waals surface area contributed by atoms with Crippen molar-refractivity contribution < 1.29 is 14.6 Å². The van der Waals surface area contributed by atoms with E-state index >= 15 is 0 Å². The Hall–Kier alpha value is -0.900. The molecule has 3 nitrogen and oxygen atoms in total. The van der Waals surface area contributed by atoms with Gasteiger partial charge in [0.1, 0.15) is 0 Å². The molecule has 1 aromatic carbocycles. The van der Waals surface area contributed by atoms with Gasteiger partial charge in [0.05, 0.1) is 24.4 Å². The summed E-state index contributed by atoms with van der Waals surface area (Å²) in [5.74, 6) is 1.81. The number of hydrogen-bond donors (Lipinski definition) is 1. The first-order chi connectivity index (χ1) is 11.1. The third-order valence-electron chi connectivity index (χ3n) is 6.74. The molecule has 4 aliphatic rings. The fourth-order valence-electron chi connectivity index (χ4n) is 6.17. The SMILES string of the molecule is COCCO[C@@]12CC3CC1[C@H]([C@@H](C)c1ccccc1)[C@](O)(C3)C2. The van der Waals surface area contributed by atoms with E-state index in [0.717, 1.165) is 19.3 Å². The van der Waals surface area contributed by atoms with Gasteiger partial charge in [-0.1, -0.05) is 37.3 Å². The van der Waals surface area contributed by atoms with E-state index in [0.29, 0.717) is 36.9 Å². The number of ether oxygens (including phenoxy) is 2. The van der Waals surface area contributed by atoms with Gasteiger partial charge in [-0.3, -0.25) is 0 Å². The van der Waals surface area contributed by atoms with Crippen LogP contribution in [-0.2, 0) is 9.47 Å². The van der Waals surface area contributed by atoms with Crippen LogP contribution in [0.2, 0.25) is 0 Å². The van der Waals surface area contributed by atoms with Gasteiger partial charge in [-0.05, 0) is 48.5 Å². The van der Waals surface area contributed by atoms with Gasteiger partial charge in [0.25, 0.3) is 0 Å². The van der Waals surface area contributed by atoms with Gasteiger partial charge >= 0.3 is 0 Å². The van der Waals surface area contributed by atoms with Crippen LogP contribution in [0.15, 0.2) is 30.3 Å². The molecule has 0 aromatic heterocycles. The van der Waals surface area contributed by atoms with Crippen molar-refractivity contribution in [3.63, 3.8) is 0 Å². The number of benzene rings is 1. The quantitative estimate of drug-likeness (QED) is 0.818. The maximum Gasteiger partial charge on any atom is 0.0745 e. The van der Waals surface area contributed by atoms with Crippen LogP contribution < -0.4 is 0 Å². The molecule has 4 bridgehead atoms. The molecule has 0 amide bonds. The second-order valence-corrected chi connectivity index (χ2v) is 8.03. The normalized spacial score (nSPS) is 42.3. The molecule has 4 aliphatic carbocycles. The average molecular weight is 316 g/mol. The maximum absolute atomic E-state index is 11.4. The zero-order chi connectivity index (χ0) is 16.1. The van der Waals surface area contributed by atoms with E-state index in [9.17, 15) is 5.11 Å². The first-order valence-corrected chi connectivity index (χ1v) is 8.98. The summed E-state index contributed by atoms with van der Waals surface area (Å²) < 4.78 is 11.5. The standard InChI is InChI=1S/C20H28O3/c1-14(16-6-4-3-5-7-16)18-17-10-15-11-19(18,21)13-20(17,12-15)23-9-8-22-2/h3-7,14-15,17-18,21H,8-13H2,1-2H3/t14-,15?,17?,18-,19-,20+/m0/s1. The molecule has 4 saturated carbocycles. The molecule has 5 rings (SSSR count). The van der Waals surface area contributed by atoms with Crippen LogP contribution in [0.25, 0.3) is 0 Å². The van der Waals surface area contributed by atoms with Crippen LogP contribution in [0.3, 0.4) is 0 Å². The Labute approximate surface area is 139 Å². The van der Waals surface area contributed by atoms with E-state index in [-0.39, 0.29) is 5.60 Å². The van der Waals surface area contributed by atoms with Crippen LogP contribution >= 0.6 is 0 Å². The minimum absolute atomic E-state index is 0.107. The topological polar surface area (TPSA) is 38.7 Å². The molecule has 1 N–H and O–H groups in total. The van der Waals surface area contributed by atoms with Crippen LogP contribution in [0.4, 0.5) is 0 Å². The van der Waals surface area contributed by atoms with Crippen molar-refractivity contribution in [1.29, 1.82) is 0 Å². The predicted molar refractivity (Wildman–Crippen MR) is 89.3 cm³/mol. The van der Waals surface area contributed by atoms with Gasteiger partial charge in [-0.2, -0.15) is 0 Å². The smallest absolute Gasteiger partial charge is 0.0745 e. The Morgan fingerprint density at radius 2 is 2.00 bits per heavy atom. The van der Waals surface area contributed by atoms with E-state index in [1.807, 2.05) is 0 Å². The van der Waals surface area contributed by atoms with Crippen molar-refractivity contribution in [3.05, 3.63) is 35.9 Å². The average Bonchev–Trinajstić information content (AvgIpc) is 2.88. The van der Waals surface area contributed by atoms with E-state index in [1.165, 1.54) is 12.0 Å². The molecule has 0 radical (unpaired) electrons. The van der Waals surface area contributed by atoms with Gasteiger partial charge in [-0.15, -0.1) is 0 Å². The van der Waals surface area contributed by atoms with Crippen LogP contribution in [0.1, 0.15) is 44.1 Å². The molecule has 126 valence electrons. The Morgan fingerprint density at radius 3 is 2.74 bits per heavy atom. The summed E-state index contributed by atoms with van der Waals surface area (Å²) in [5, 5.41) is 11.4. The van der Waals surface area contributed by atoms with Crippen LogP contribution in [-0.4, -0.2) is 36.6 Å². The van der Waals surface area contributed by atoms with E-state index in [1.54, 1.807) is 7.11 Å². The minimum Gasteiger partial charge on any atom is -0.389 e. The second kappa shape index (κ2) is 5.58. The first kappa shape index (κ1) is 15.6. The number of hydrogen-bond acceptors (Lipinski definition) is 3. The van der Waals surface area contributed by atoms with Crippen molar-refractivity contribution in [1.82, 2.24) is 0 Å². The Balaban J connectivity index is 1.61. The largest absolute Gasteiger partial charge is 0.389 e. The highest BCUT2D eigenvalue weighted by Crippen LogP contribution is 2.68. The molecule has 2 unspecified atom stereocenters. The van der Waals surface area contributed by atoms with Gasteiger partial charge < -0.3 is 14.6 Å². The molecule has 0 spiro atoms. The van der Waals surface area contributed by atoms with Gasteiger partial charge in [0, 0.05) is 13.5 Å². The number of rotatable bonds is 6. The lowest BCUT2D eigenvalue weighted by atomic mass is 9.66. The van der Waals surface area contributed by atoms with E-state index < -0.39 is 5.60 Å². The molecule has 4 fully saturated rings. The molecular weight excluding hydrogens is 288 g/mol. The molecule has 1 aromatic rings. The van der Waals surface area contributed by atoms with Crippen LogP contribution in [0.5, 0.6) is 0 Å². The van der Waals surface area contributed by atoms with Crippen molar-refractivity contribution >= 4 is 0 Å². The molecule has 23 heavy (non-hydrogen) atoms. The van der Waals surface area contributed by atoms with Crippen molar-refractivity contribution in [2.45, 2.75) is 49.7 Å². The lowest BCUT2D eigenvalue weighted by Crippen LogP contribution is -2.44. The molecule has 0 saturated heterocycles. The highest BCUT2D eigenvalue weighted by atomic mass is 16.5. The maximum atomic E-state index is 11.4. The Kier molecular flexibility index (Phi) is 3.79. The first-order valence-electron chi connectivity index (χ1n) is 8.98. The minimum atomic E-state index is -0.547. The molecular formula is C20H28O3. The Bertz CT molecular complexity index is 559. The van der Waals surface area contributed by atoms with Gasteiger partial charge in [0.2, 0.25) is 0 Å². The third-order valence-corrected chi connectivity index (χ3v) is 6.74. The zero-order valence-electron chi connectivity index (χ0n) is 14.2. The summed E-state index contributed by atoms with van der Waals surface area (Å²) in [6.45, 7) is 3.56. The van der Waals surface area contributed by atoms with E-state index in [4.69, 9.17) is 9.47 Å². The second-order valence-electron chi connectivity index (χ2n) is 8.03. The summed E-state index contributed by atoms with van der Waals surface area (Å²) in [6.07, 6.45) is 4.12. The van der Waals surface area contributed by atoms with Crippen molar-refractivity contribution in [2.75, 3.05) is 20.3 Å². The third kappa shape index (κ3) is 2.36. The fraction of sp³-hybridized carbons (Fsp3) is 0.700. The monoisotopic (exact) mass is 316 g/mol. The molecule has 0 heterocycles. The molecule has 0 aliphatic heterocycles. The summed E-state index contributed by atoms with van der Waals surface area (Å²) in [6, 6.07) is 10.7. The zero-order valence-corrected chi connectivity index (χ0v) is 14.2. The van der Waals surface area contributed by atoms with Crippen LogP contribution in [0, 0.1) is 17.8 Å². The lowest BCUT2D eigenvalue weighted by molar-refractivity contribution is -0.106. The number of methoxy groups -OCH3 is 1. The highest BCUT2D eigenvalue weighted by Gasteiger charge is 2.70. The summed E-state index contributed by atoms with van der Waals surface area (Å²) >= 11 is 0. The molecule has 3 heteroatoms. The predicted octanol–water partition coefficient (Wildman–Crippen LogP) is 3.37. The van der Waals surface area contributed by atoms with E-state index in [2.05, 4.69) is 37.3 Å². The summed E-state index contributed by atoms with van der Waals surface area (Å²) in [7, 11) is 1.72. The lowest BCUT2D eigenvalue weighted by Gasteiger charge is -2.42. The van der Waals surface area contributed by atoms with Gasteiger partial charge in [0.15, 0.2) is 0 Å². The summed E-state index contributed by atoms with van der Waals surface area (Å²) in [4.78, 5) is 0. The Morgan fingerprint density at radius 1 is 1.22 bits per heavy atom. The fourth-order valence-corrected chi connectivity index (χ4v) is 6.17. The highest BCUT2D eigenvalue weighted by molar-refractivity contribution is 5.27. The summed E-state index contributed by atoms with van der Waals surface area (Å²) in [5.41, 5.74) is 0.687. The van der Waals surface area contributed by atoms with Crippen molar-refractivity contribution in [3.8, 4) is 0 Å². The van der Waals surface area contributed by atoms with Crippen molar-refractivity contribution in [2.24, 2.45) is 17.8 Å². The van der Waals surface area contributed by atoms with Gasteiger partial charge in [-0.25, -0.2) is 0 Å². The molecule has 6 atom stereocenters. The number of aliphatic hydroxyl groups is 1.